The fourth-order valence-electron chi connectivity index (χ4n) is 5.62. The van der Waals surface area contributed by atoms with Gasteiger partial charge in [-0.25, -0.2) is 8.42 Å². The van der Waals surface area contributed by atoms with Gasteiger partial charge in [-0.2, -0.15) is 9.41 Å². The molecule has 0 aliphatic carbocycles. The zero-order valence-corrected chi connectivity index (χ0v) is 22.6. The molecule has 2 aliphatic rings. The zero-order chi connectivity index (χ0) is 26.0. The molecule has 3 atom stereocenters. The number of hydrogen-bond acceptors (Lipinski definition) is 6. The van der Waals surface area contributed by atoms with Crippen LogP contribution in [0.15, 0.2) is 64.2 Å². The largest absolute Gasteiger partial charge is 0.395 e. The fraction of sp³-hybridized carbons (Fsp3) is 0.464. The highest BCUT2D eigenvalue weighted by molar-refractivity contribution is 7.89. The van der Waals surface area contributed by atoms with E-state index in [0.717, 1.165) is 47.3 Å². The third kappa shape index (κ3) is 4.87. The molecule has 2 aromatic carbocycles. The number of aliphatic hydroxyl groups excluding tert-OH is 1. The van der Waals surface area contributed by atoms with Gasteiger partial charge in [0, 0.05) is 50.6 Å². The molecular weight excluding hydrogens is 472 g/mol. The van der Waals surface area contributed by atoms with E-state index in [4.69, 9.17) is 0 Å². The third-order valence-electron chi connectivity index (χ3n) is 8.01. The van der Waals surface area contributed by atoms with Crippen LogP contribution < -0.4 is 0 Å². The highest BCUT2D eigenvalue weighted by Crippen LogP contribution is 2.43. The van der Waals surface area contributed by atoms with Crippen molar-refractivity contribution < 1.29 is 13.5 Å². The predicted octanol–water partition coefficient (Wildman–Crippen LogP) is 3.91. The molecule has 2 aliphatic heterocycles. The molecule has 0 amide bonds. The van der Waals surface area contributed by atoms with Crippen LogP contribution in [0.1, 0.15) is 49.3 Å². The summed E-state index contributed by atoms with van der Waals surface area (Å²) in [7, 11) is -1.73. The van der Waals surface area contributed by atoms with Crippen molar-refractivity contribution in [3.63, 3.8) is 0 Å². The molecule has 2 fully saturated rings. The van der Waals surface area contributed by atoms with E-state index in [1.54, 1.807) is 21.4 Å². The van der Waals surface area contributed by atoms with Gasteiger partial charge in [0.15, 0.2) is 0 Å². The number of aryl methyl sites for hydroxylation is 1. The summed E-state index contributed by atoms with van der Waals surface area (Å²) in [5, 5.41) is 16.0. The first-order valence-electron chi connectivity index (χ1n) is 12.6. The topological polar surface area (TPSA) is 76.5 Å². The lowest BCUT2D eigenvalue weighted by atomic mass is 9.74. The molecule has 36 heavy (non-hydrogen) atoms. The number of allylic oxidation sites excluding steroid dienone is 2. The maximum Gasteiger partial charge on any atom is 0.243 e. The normalized spacial score (nSPS) is 24.1. The average Bonchev–Trinajstić information content (AvgIpc) is 2.86. The molecule has 4 rings (SSSR count). The lowest BCUT2D eigenvalue weighted by Crippen LogP contribution is -2.67. The molecule has 0 saturated carbocycles. The van der Waals surface area contributed by atoms with E-state index in [-0.39, 0.29) is 24.6 Å². The van der Waals surface area contributed by atoms with Crippen molar-refractivity contribution in [1.29, 1.82) is 0 Å². The van der Waals surface area contributed by atoms with Crippen LogP contribution in [0.25, 0.3) is 5.57 Å². The first-order chi connectivity index (χ1) is 17.2. The molecule has 8 heteroatoms. The van der Waals surface area contributed by atoms with Crippen molar-refractivity contribution in [3.05, 3.63) is 70.9 Å². The lowest BCUT2D eigenvalue weighted by Gasteiger charge is -2.57. The minimum atomic E-state index is -3.60. The summed E-state index contributed by atoms with van der Waals surface area (Å²) in [6, 6.07) is 15.7. The van der Waals surface area contributed by atoms with E-state index in [9.17, 15) is 13.5 Å². The Bertz CT molecular complexity index is 1230. The summed E-state index contributed by atoms with van der Waals surface area (Å²) in [5.41, 5.74) is 5.14. The second kappa shape index (κ2) is 10.8. The van der Waals surface area contributed by atoms with Crippen molar-refractivity contribution in [2.24, 2.45) is 5.10 Å². The zero-order valence-electron chi connectivity index (χ0n) is 21.8. The molecular formula is C28H38N4O3S. The Morgan fingerprint density at radius 1 is 1.11 bits per heavy atom. The molecule has 0 aromatic heterocycles. The second-order valence-electron chi connectivity index (χ2n) is 9.91. The van der Waals surface area contributed by atoms with Gasteiger partial charge >= 0.3 is 0 Å². The van der Waals surface area contributed by atoms with Gasteiger partial charge in [-0.05, 0) is 68.5 Å². The SMILES string of the molecule is C=NN(C)/C(C)=C(\C)c1ccc([C@@H]2C(CO)N3CCCCN(S(=O)(=O)c4ccccc4C)CC23)cc1. The Balaban J connectivity index is 1.63. The molecule has 2 heterocycles. The van der Waals surface area contributed by atoms with E-state index < -0.39 is 10.0 Å². The van der Waals surface area contributed by atoms with Crippen LogP contribution in [-0.4, -0.2) is 79.8 Å². The smallest absolute Gasteiger partial charge is 0.243 e. The first-order valence-corrected chi connectivity index (χ1v) is 14.0. The highest BCUT2D eigenvalue weighted by Gasteiger charge is 2.50. The summed E-state index contributed by atoms with van der Waals surface area (Å²) in [5.74, 6) is 0.0691. The van der Waals surface area contributed by atoms with Crippen LogP contribution in [0, 0.1) is 6.92 Å². The maximum atomic E-state index is 13.6. The maximum absolute atomic E-state index is 13.6. The van der Waals surface area contributed by atoms with Gasteiger partial charge in [-0.15, -0.1) is 0 Å². The Hall–Kier alpha value is -2.52. The molecule has 0 radical (unpaired) electrons. The summed E-state index contributed by atoms with van der Waals surface area (Å²) in [4.78, 5) is 2.69. The van der Waals surface area contributed by atoms with Crippen molar-refractivity contribution in [3.8, 4) is 0 Å². The van der Waals surface area contributed by atoms with Crippen LogP contribution in [0.5, 0.6) is 0 Å². The summed E-state index contributed by atoms with van der Waals surface area (Å²) in [6.07, 6.45) is 1.72. The molecule has 0 bridgehead atoms. The number of fused-ring (bicyclic) bond motifs is 1. The van der Waals surface area contributed by atoms with E-state index in [0.29, 0.717) is 18.0 Å². The summed E-state index contributed by atoms with van der Waals surface area (Å²) >= 11 is 0. The predicted molar refractivity (Wildman–Crippen MR) is 145 cm³/mol. The summed E-state index contributed by atoms with van der Waals surface area (Å²) < 4.78 is 28.9. The van der Waals surface area contributed by atoms with Crippen LogP contribution in [0.4, 0.5) is 0 Å². The van der Waals surface area contributed by atoms with E-state index in [1.165, 1.54) is 0 Å². The number of benzene rings is 2. The Kier molecular flexibility index (Phi) is 7.99. The van der Waals surface area contributed by atoms with E-state index in [2.05, 4.69) is 47.9 Å². The number of hydrogen-bond donors (Lipinski definition) is 1. The minimum Gasteiger partial charge on any atom is -0.395 e. The van der Waals surface area contributed by atoms with Gasteiger partial charge in [-0.3, -0.25) is 9.91 Å². The summed E-state index contributed by atoms with van der Waals surface area (Å²) in [6.45, 7) is 11.4. The molecule has 194 valence electrons. The van der Waals surface area contributed by atoms with E-state index in [1.807, 2.05) is 33.0 Å². The number of rotatable bonds is 7. The second-order valence-corrected chi connectivity index (χ2v) is 11.8. The number of nitrogens with zero attached hydrogens (tertiary/aromatic N) is 4. The molecule has 2 unspecified atom stereocenters. The van der Waals surface area contributed by atoms with Crippen LogP contribution >= 0.6 is 0 Å². The van der Waals surface area contributed by atoms with Gasteiger partial charge in [-0.1, -0.05) is 42.5 Å². The lowest BCUT2D eigenvalue weighted by molar-refractivity contribution is -0.0553. The van der Waals surface area contributed by atoms with Gasteiger partial charge in [0.2, 0.25) is 10.0 Å². The number of sulfonamides is 1. The Morgan fingerprint density at radius 3 is 2.42 bits per heavy atom. The van der Waals surface area contributed by atoms with Crippen molar-refractivity contribution in [2.75, 3.05) is 33.3 Å². The van der Waals surface area contributed by atoms with Crippen molar-refractivity contribution in [2.45, 2.75) is 56.5 Å². The fourth-order valence-corrected chi connectivity index (χ4v) is 7.35. The van der Waals surface area contributed by atoms with Crippen LogP contribution in [0.3, 0.4) is 0 Å². The molecule has 0 spiro atoms. The molecule has 7 nitrogen and oxygen atoms in total. The average molecular weight is 511 g/mol. The van der Waals surface area contributed by atoms with Gasteiger partial charge in [0.05, 0.1) is 11.5 Å². The quantitative estimate of drug-likeness (QED) is 0.452. The molecule has 1 N–H and O–H groups in total. The van der Waals surface area contributed by atoms with Gasteiger partial charge < -0.3 is 5.11 Å². The third-order valence-corrected chi connectivity index (χ3v) is 10.0. The van der Waals surface area contributed by atoms with Gasteiger partial charge in [0.25, 0.3) is 0 Å². The van der Waals surface area contributed by atoms with Crippen molar-refractivity contribution >= 4 is 22.3 Å². The Labute approximate surface area is 215 Å². The van der Waals surface area contributed by atoms with Crippen LogP contribution in [-0.2, 0) is 10.0 Å². The Morgan fingerprint density at radius 2 is 1.78 bits per heavy atom. The number of hydrazone groups is 1. The van der Waals surface area contributed by atoms with Crippen LogP contribution in [0.2, 0.25) is 0 Å². The monoisotopic (exact) mass is 510 g/mol. The minimum absolute atomic E-state index is 0.00330. The van der Waals surface area contributed by atoms with Gasteiger partial charge in [0.1, 0.15) is 0 Å². The highest BCUT2D eigenvalue weighted by atomic mass is 32.2. The van der Waals surface area contributed by atoms with E-state index >= 15 is 0 Å². The molecule has 2 aromatic rings. The first kappa shape index (κ1) is 26.5. The molecule has 2 saturated heterocycles. The number of aliphatic hydroxyl groups is 1. The van der Waals surface area contributed by atoms with Crippen molar-refractivity contribution in [1.82, 2.24) is 14.2 Å². The standard InChI is InChI=1S/C28H38N4O3S/c1-20-10-6-7-11-27(20)36(34,35)31-16-8-9-17-32-25(18-31)28(26(32)19-33)24-14-12-23(13-15-24)21(2)22(3)30(5)29-4/h6-7,10-15,25-26,28,33H,4,8-9,16-19H2,1-3,5H3/b22-21+/t25?,26?,28-/m0/s1.